The number of amides is 1. The lowest BCUT2D eigenvalue weighted by Gasteiger charge is -2.10. The highest BCUT2D eigenvalue weighted by Crippen LogP contribution is 2.30. The van der Waals surface area contributed by atoms with Crippen LogP contribution in [0.25, 0.3) is 28.1 Å². The van der Waals surface area contributed by atoms with E-state index in [1.165, 1.54) is 17.3 Å². The van der Waals surface area contributed by atoms with Gasteiger partial charge in [0.05, 0.1) is 27.5 Å². The van der Waals surface area contributed by atoms with E-state index in [1.54, 1.807) is 6.07 Å². The van der Waals surface area contributed by atoms with Crippen LogP contribution in [0.2, 0.25) is 5.02 Å². The largest absolute Gasteiger partial charge is 0.324 e. The number of hydrogen-bond donors (Lipinski definition) is 1. The van der Waals surface area contributed by atoms with Gasteiger partial charge in [-0.05, 0) is 43.7 Å². The molecule has 1 amide bonds. The molecule has 3 aromatic carbocycles. The maximum Gasteiger partial charge on any atom is 0.234 e. The number of aryl methyl sites for hydroxylation is 2. The maximum atomic E-state index is 12.6. The Labute approximate surface area is 200 Å². The lowest BCUT2D eigenvalue weighted by molar-refractivity contribution is -0.113. The monoisotopic (exact) mass is 473 g/mol. The molecule has 6 nitrogen and oxygen atoms in total. The normalized spacial score (nSPS) is 11.2. The molecule has 0 aliphatic heterocycles. The van der Waals surface area contributed by atoms with Crippen molar-refractivity contribution in [2.75, 3.05) is 11.1 Å². The Balaban J connectivity index is 1.49. The maximum absolute atomic E-state index is 12.6. The summed E-state index contributed by atoms with van der Waals surface area (Å²) in [5, 5.41) is 12.9. The Hall–Kier alpha value is -3.42. The molecule has 0 unspecified atom stereocenters. The van der Waals surface area contributed by atoms with E-state index in [2.05, 4.69) is 34.6 Å². The molecule has 33 heavy (non-hydrogen) atoms. The summed E-state index contributed by atoms with van der Waals surface area (Å²) in [6.07, 6.45) is 0. The molecule has 5 aromatic rings. The number of para-hydroxylation sites is 2. The highest BCUT2D eigenvalue weighted by Gasteiger charge is 2.18. The summed E-state index contributed by atoms with van der Waals surface area (Å²) in [5.74, 6) is 0.733. The smallest absolute Gasteiger partial charge is 0.234 e. The van der Waals surface area contributed by atoms with E-state index < -0.39 is 0 Å². The van der Waals surface area contributed by atoms with Crippen LogP contribution >= 0.6 is 23.4 Å². The van der Waals surface area contributed by atoms with Crippen LogP contribution in [0, 0.1) is 13.8 Å². The third kappa shape index (κ3) is 4.29. The number of fused-ring (bicyclic) bond motifs is 3. The Morgan fingerprint density at radius 3 is 2.55 bits per heavy atom. The van der Waals surface area contributed by atoms with Crippen molar-refractivity contribution in [3.8, 4) is 11.4 Å². The molecule has 0 atom stereocenters. The number of thioether (sulfide) groups is 1. The highest BCUT2D eigenvalue weighted by atomic mass is 35.5. The first kappa shape index (κ1) is 21.4. The van der Waals surface area contributed by atoms with Crippen molar-refractivity contribution < 1.29 is 4.79 Å². The summed E-state index contributed by atoms with van der Waals surface area (Å²) in [4.78, 5) is 17.4. The molecule has 0 spiro atoms. The Kier molecular flexibility index (Phi) is 5.74. The molecule has 8 heteroatoms. The summed E-state index contributed by atoms with van der Waals surface area (Å²) in [6.45, 7) is 4.00. The SMILES string of the molecule is Cc1ccc(-c2nnc3c(SCC(=O)Nc4ccc(C)cc4Cl)nc4ccccc4n23)cc1. The second-order valence-electron chi connectivity index (χ2n) is 7.77. The minimum absolute atomic E-state index is 0.165. The molecule has 164 valence electrons. The minimum Gasteiger partial charge on any atom is -0.324 e. The van der Waals surface area contributed by atoms with Gasteiger partial charge in [0.15, 0.2) is 11.5 Å². The molecular weight excluding hydrogens is 454 g/mol. The van der Waals surface area contributed by atoms with E-state index in [9.17, 15) is 4.79 Å². The fourth-order valence-corrected chi connectivity index (χ4v) is 4.63. The predicted molar refractivity (Wildman–Crippen MR) is 134 cm³/mol. The van der Waals surface area contributed by atoms with Gasteiger partial charge in [-0.2, -0.15) is 0 Å². The zero-order valence-corrected chi connectivity index (χ0v) is 19.6. The van der Waals surface area contributed by atoms with Gasteiger partial charge in [0.2, 0.25) is 5.91 Å². The summed E-state index contributed by atoms with van der Waals surface area (Å²) < 4.78 is 2.00. The van der Waals surface area contributed by atoms with Crippen LogP contribution in [-0.4, -0.2) is 31.2 Å². The van der Waals surface area contributed by atoms with E-state index in [0.717, 1.165) is 28.0 Å². The third-order valence-corrected chi connectivity index (χ3v) is 6.51. The lowest BCUT2D eigenvalue weighted by Crippen LogP contribution is -2.14. The van der Waals surface area contributed by atoms with Crippen LogP contribution in [0.15, 0.2) is 71.8 Å². The number of hydrogen-bond acceptors (Lipinski definition) is 5. The molecule has 0 saturated carbocycles. The van der Waals surface area contributed by atoms with Gasteiger partial charge in [-0.25, -0.2) is 4.98 Å². The van der Waals surface area contributed by atoms with E-state index in [-0.39, 0.29) is 11.7 Å². The van der Waals surface area contributed by atoms with Crippen molar-refractivity contribution >= 4 is 51.6 Å². The minimum atomic E-state index is -0.169. The van der Waals surface area contributed by atoms with Gasteiger partial charge < -0.3 is 5.32 Å². The molecule has 0 fully saturated rings. The summed E-state index contributed by atoms with van der Waals surface area (Å²) in [5.41, 5.74) is 6.11. The molecule has 2 heterocycles. The van der Waals surface area contributed by atoms with Gasteiger partial charge in [0.25, 0.3) is 0 Å². The molecule has 0 bridgehead atoms. The molecule has 0 radical (unpaired) electrons. The molecule has 0 aliphatic carbocycles. The molecule has 5 rings (SSSR count). The average molecular weight is 474 g/mol. The van der Waals surface area contributed by atoms with Crippen LogP contribution in [0.4, 0.5) is 5.69 Å². The van der Waals surface area contributed by atoms with Crippen LogP contribution in [0.3, 0.4) is 0 Å². The number of benzene rings is 3. The van der Waals surface area contributed by atoms with Crippen molar-refractivity contribution in [2.45, 2.75) is 18.9 Å². The summed E-state index contributed by atoms with van der Waals surface area (Å²) >= 11 is 7.57. The fraction of sp³-hybridized carbons (Fsp3) is 0.120. The molecule has 2 aromatic heterocycles. The van der Waals surface area contributed by atoms with Crippen molar-refractivity contribution in [2.24, 2.45) is 0 Å². The van der Waals surface area contributed by atoms with Crippen LogP contribution in [-0.2, 0) is 4.79 Å². The number of carbonyl (C=O) groups is 1. The Morgan fingerprint density at radius 1 is 1.00 bits per heavy atom. The van der Waals surface area contributed by atoms with Gasteiger partial charge in [0.1, 0.15) is 5.03 Å². The van der Waals surface area contributed by atoms with E-state index >= 15 is 0 Å². The van der Waals surface area contributed by atoms with Crippen LogP contribution < -0.4 is 5.32 Å². The van der Waals surface area contributed by atoms with Crippen molar-refractivity contribution in [1.82, 2.24) is 19.6 Å². The summed E-state index contributed by atoms with van der Waals surface area (Å²) in [7, 11) is 0. The number of halogens is 1. The number of aromatic nitrogens is 4. The Bertz CT molecular complexity index is 1500. The average Bonchev–Trinajstić information content (AvgIpc) is 3.25. The van der Waals surface area contributed by atoms with Gasteiger partial charge >= 0.3 is 0 Å². The van der Waals surface area contributed by atoms with Crippen molar-refractivity contribution in [1.29, 1.82) is 0 Å². The predicted octanol–water partition coefficient (Wildman–Crippen LogP) is 5.95. The van der Waals surface area contributed by atoms with E-state index in [4.69, 9.17) is 16.6 Å². The first-order valence-electron chi connectivity index (χ1n) is 10.4. The number of nitrogens with one attached hydrogen (secondary N) is 1. The second-order valence-corrected chi connectivity index (χ2v) is 9.15. The van der Waals surface area contributed by atoms with Crippen molar-refractivity contribution in [3.63, 3.8) is 0 Å². The fourth-order valence-electron chi connectivity index (χ4n) is 3.59. The number of nitrogens with zero attached hydrogens (tertiary/aromatic N) is 4. The van der Waals surface area contributed by atoms with E-state index in [0.29, 0.717) is 21.4 Å². The lowest BCUT2D eigenvalue weighted by atomic mass is 10.1. The van der Waals surface area contributed by atoms with Crippen molar-refractivity contribution in [3.05, 3.63) is 82.9 Å². The summed E-state index contributed by atoms with van der Waals surface area (Å²) in [6, 6.07) is 21.6. The van der Waals surface area contributed by atoms with Crippen LogP contribution in [0.5, 0.6) is 0 Å². The Morgan fingerprint density at radius 2 is 1.76 bits per heavy atom. The quantitative estimate of drug-likeness (QED) is 0.319. The zero-order chi connectivity index (χ0) is 22.9. The number of carbonyl (C=O) groups excluding carboxylic acids is 1. The first-order valence-corrected chi connectivity index (χ1v) is 11.8. The zero-order valence-electron chi connectivity index (χ0n) is 18.0. The van der Waals surface area contributed by atoms with Gasteiger partial charge in [-0.15, -0.1) is 10.2 Å². The van der Waals surface area contributed by atoms with Gasteiger partial charge in [-0.3, -0.25) is 9.20 Å². The molecule has 0 aliphatic rings. The molecule has 1 N–H and O–H groups in total. The topological polar surface area (TPSA) is 72.2 Å². The van der Waals surface area contributed by atoms with Gasteiger partial charge in [-0.1, -0.05) is 71.4 Å². The third-order valence-electron chi connectivity index (χ3n) is 5.25. The number of rotatable bonds is 5. The first-order chi connectivity index (χ1) is 16.0. The van der Waals surface area contributed by atoms with Crippen LogP contribution in [0.1, 0.15) is 11.1 Å². The molecular formula is C25H20ClN5OS. The number of anilines is 1. The highest BCUT2D eigenvalue weighted by molar-refractivity contribution is 8.00. The second kappa shape index (κ2) is 8.84. The standard InChI is InChI=1S/C25H20ClN5OS/c1-15-7-10-17(11-8-15)23-29-30-24-25(28-20-5-3-4-6-21(20)31(23)24)33-14-22(32)27-19-12-9-16(2)13-18(19)26/h3-13H,14H2,1-2H3,(H,27,32). The molecule has 0 saturated heterocycles. The van der Waals surface area contributed by atoms with E-state index in [1.807, 2.05) is 59.9 Å². The van der Waals surface area contributed by atoms with Gasteiger partial charge in [0, 0.05) is 5.56 Å².